The molecule has 1 unspecified atom stereocenters. The van der Waals surface area contributed by atoms with Gasteiger partial charge in [0.2, 0.25) is 5.91 Å². The minimum absolute atomic E-state index is 0.140. The Kier molecular flexibility index (Phi) is 4.04. The van der Waals surface area contributed by atoms with Crippen molar-refractivity contribution in [2.24, 2.45) is 11.3 Å². The van der Waals surface area contributed by atoms with Gasteiger partial charge in [-0.15, -0.1) is 0 Å². The number of rotatable bonds is 3. The number of aliphatic hydroxyl groups excluding tert-OH is 1. The van der Waals surface area contributed by atoms with E-state index < -0.39 is 23.0 Å². The third-order valence-corrected chi connectivity index (χ3v) is 6.99. The van der Waals surface area contributed by atoms with Crippen LogP contribution in [0, 0.1) is 11.3 Å². The number of hydrogen-bond donors (Lipinski definition) is 1. The zero-order valence-corrected chi connectivity index (χ0v) is 17.1. The predicted octanol–water partition coefficient (Wildman–Crippen LogP) is 4.68. The fourth-order valence-electron chi connectivity index (χ4n) is 5.35. The molecule has 2 aliphatic rings. The molecule has 4 nitrogen and oxygen atoms in total. The van der Waals surface area contributed by atoms with Crippen LogP contribution in [0.1, 0.15) is 18.1 Å². The van der Waals surface area contributed by atoms with E-state index >= 15 is 0 Å². The Bertz CT molecular complexity index is 1050. The smallest absolute Gasteiger partial charge is 0.234 e. The average Bonchev–Trinajstić information content (AvgIpc) is 3.23. The second-order valence-corrected chi connectivity index (χ2v) is 8.71. The fraction of sp³-hybridized carbons (Fsp3) is 0.217. The second-order valence-electron chi connectivity index (χ2n) is 7.84. The van der Waals surface area contributed by atoms with Crippen LogP contribution in [0.2, 0.25) is 10.0 Å². The van der Waals surface area contributed by atoms with Gasteiger partial charge < -0.3 is 5.11 Å². The van der Waals surface area contributed by atoms with E-state index in [2.05, 4.69) is 4.98 Å². The number of halogens is 2. The maximum Gasteiger partial charge on any atom is 0.234 e. The number of amides is 1. The van der Waals surface area contributed by atoms with Crippen LogP contribution in [-0.4, -0.2) is 22.2 Å². The minimum Gasteiger partial charge on any atom is -0.372 e. The number of anilines is 1. The number of piperidine rings is 1. The number of aromatic nitrogens is 1. The molecule has 1 N–H and O–H groups in total. The van der Waals surface area contributed by atoms with Crippen LogP contribution in [-0.2, 0) is 10.2 Å². The molecule has 0 bridgehead atoms. The van der Waals surface area contributed by atoms with Gasteiger partial charge in [-0.3, -0.25) is 14.7 Å². The molecule has 2 heterocycles. The number of pyridine rings is 1. The van der Waals surface area contributed by atoms with E-state index in [4.69, 9.17) is 23.2 Å². The summed E-state index contributed by atoms with van der Waals surface area (Å²) in [6.07, 6.45) is 2.42. The normalized spacial score (nSPS) is 30.3. The van der Waals surface area contributed by atoms with Crippen molar-refractivity contribution in [2.75, 3.05) is 4.90 Å². The van der Waals surface area contributed by atoms with Crippen LogP contribution in [0.3, 0.4) is 0 Å². The highest BCUT2D eigenvalue weighted by atomic mass is 35.5. The van der Waals surface area contributed by atoms with Gasteiger partial charge in [-0.25, -0.2) is 0 Å². The van der Waals surface area contributed by atoms with Gasteiger partial charge in [0.1, 0.15) is 6.23 Å². The first-order valence-electron chi connectivity index (χ1n) is 9.35. The van der Waals surface area contributed by atoms with E-state index in [-0.39, 0.29) is 5.91 Å². The van der Waals surface area contributed by atoms with Crippen molar-refractivity contribution in [3.63, 3.8) is 0 Å². The standard InChI is InChI=1S/C23H18Cl2N2O2/c1-22-19(20(28)27(21(22)29)18-12-16(24)11-17(25)13-18)23(22,14-5-3-2-4-6-14)15-7-9-26-10-8-15/h2-13,19,21,29H,1H3/t19-,21?,22-,23+/m0/s1. The van der Waals surface area contributed by atoms with E-state index in [1.54, 1.807) is 30.6 Å². The Labute approximate surface area is 178 Å². The fourth-order valence-corrected chi connectivity index (χ4v) is 5.86. The molecule has 1 saturated heterocycles. The number of hydrogen-bond acceptors (Lipinski definition) is 3. The van der Waals surface area contributed by atoms with Crippen molar-refractivity contribution in [3.8, 4) is 0 Å². The lowest BCUT2D eigenvalue weighted by Crippen LogP contribution is -2.45. The van der Waals surface area contributed by atoms with Gasteiger partial charge in [0, 0.05) is 39.0 Å². The third-order valence-electron chi connectivity index (χ3n) is 6.55. The van der Waals surface area contributed by atoms with Gasteiger partial charge in [0.05, 0.1) is 5.92 Å². The van der Waals surface area contributed by atoms with Gasteiger partial charge >= 0.3 is 0 Å². The first-order chi connectivity index (χ1) is 13.9. The van der Waals surface area contributed by atoms with Crippen molar-refractivity contribution in [3.05, 3.63) is 94.2 Å². The number of fused-ring (bicyclic) bond motifs is 1. The highest BCUT2D eigenvalue weighted by Crippen LogP contribution is 2.78. The van der Waals surface area contributed by atoms with Gasteiger partial charge in [-0.1, -0.05) is 60.5 Å². The topological polar surface area (TPSA) is 53.4 Å². The van der Waals surface area contributed by atoms with Gasteiger partial charge in [-0.05, 0) is 41.5 Å². The van der Waals surface area contributed by atoms with Gasteiger partial charge in [-0.2, -0.15) is 0 Å². The molecule has 1 saturated carbocycles. The molecule has 3 aromatic rings. The molecule has 0 spiro atoms. The Balaban J connectivity index is 1.67. The molecular formula is C23H18Cl2N2O2. The zero-order chi connectivity index (χ0) is 20.4. The van der Waals surface area contributed by atoms with Gasteiger partial charge in [0.15, 0.2) is 0 Å². The summed E-state index contributed by atoms with van der Waals surface area (Å²) < 4.78 is 0. The monoisotopic (exact) mass is 424 g/mol. The molecule has 1 aromatic heterocycles. The molecule has 146 valence electrons. The zero-order valence-electron chi connectivity index (χ0n) is 15.6. The number of carbonyl (C=O) groups is 1. The van der Waals surface area contributed by atoms with E-state index in [9.17, 15) is 9.90 Å². The molecule has 1 aliphatic heterocycles. The van der Waals surface area contributed by atoms with Crippen molar-refractivity contribution >= 4 is 34.8 Å². The molecule has 6 heteroatoms. The molecule has 4 atom stereocenters. The summed E-state index contributed by atoms with van der Waals surface area (Å²) in [5, 5.41) is 12.3. The number of benzene rings is 2. The summed E-state index contributed by atoms with van der Waals surface area (Å²) in [5.41, 5.74) is 1.16. The van der Waals surface area contributed by atoms with E-state index in [0.29, 0.717) is 15.7 Å². The average molecular weight is 425 g/mol. The largest absolute Gasteiger partial charge is 0.372 e. The Hall–Kier alpha value is -2.40. The molecule has 5 rings (SSSR count). The summed E-state index contributed by atoms with van der Waals surface area (Å²) in [7, 11) is 0. The van der Waals surface area contributed by atoms with Crippen molar-refractivity contribution in [2.45, 2.75) is 18.6 Å². The van der Waals surface area contributed by atoms with Crippen LogP contribution >= 0.6 is 23.2 Å². The van der Waals surface area contributed by atoms with Crippen LogP contribution in [0.25, 0.3) is 0 Å². The van der Waals surface area contributed by atoms with E-state index in [1.807, 2.05) is 49.4 Å². The molecular weight excluding hydrogens is 407 g/mol. The van der Waals surface area contributed by atoms with Crippen LogP contribution in [0.15, 0.2) is 73.1 Å². The van der Waals surface area contributed by atoms with Crippen LogP contribution in [0.4, 0.5) is 5.69 Å². The lowest BCUT2D eigenvalue weighted by Gasteiger charge is -2.35. The minimum atomic E-state index is -1.03. The summed E-state index contributed by atoms with van der Waals surface area (Å²) in [4.78, 5) is 19.2. The van der Waals surface area contributed by atoms with Crippen LogP contribution < -0.4 is 4.90 Å². The lowest BCUT2D eigenvalue weighted by molar-refractivity contribution is -0.120. The Morgan fingerprint density at radius 2 is 1.55 bits per heavy atom. The SMILES string of the molecule is C[C@@]12C(O)N(c3cc(Cl)cc(Cl)c3)C(=O)[C@@H]1[C@@]2(c1ccccc1)c1ccncc1. The second kappa shape index (κ2) is 6.30. The van der Waals surface area contributed by atoms with Gasteiger partial charge in [0.25, 0.3) is 0 Å². The molecule has 1 amide bonds. The third kappa shape index (κ3) is 2.31. The lowest BCUT2D eigenvalue weighted by atomic mass is 9.79. The number of nitrogens with zero attached hydrogens (tertiary/aromatic N) is 2. The first kappa shape index (κ1) is 18.6. The highest BCUT2D eigenvalue weighted by molar-refractivity contribution is 6.35. The summed E-state index contributed by atoms with van der Waals surface area (Å²) in [6, 6.07) is 18.7. The molecule has 29 heavy (non-hydrogen) atoms. The highest BCUT2D eigenvalue weighted by Gasteiger charge is 2.86. The molecule has 1 aliphatic carbocycles. The molecule has 2 fully saturated rings. The number of aliphatic hydroxyl groups is 1. The Morgan fingerprint density at radius 3 is 2.10 bits per heavy atom. The van der Waals surface area contributed by atoms with Crippen molar-refractivity contribution in [1.82, 2.24) is 4.98 Å². The van der Waals surface area contributed by atoms with Crippen molar-refractivity contribution in [1.29, 1.82) is 0 Å². The Morgan fingerprint density at radius 1 is 0.966 bits per heavy atom. The summed E-state index contributed by atoms with van der Waals surface area (Å²) >= 11 is 12.3. The maximum absolute atomic E-state index is 13.6. The first-order valence-corrected chi connectivity index (χ1v) is 10.1. The molecule has 2 aromatic carbocycles. The number of carbonyl (C=O) groups excluding carboxylic acids is 1. The predicted molar refractivity (Wildman–Crippen MR) is 113 cm³/mol. The van der Waals surface area contributed by atoms with Crippen LogP contribution in [0.5, 0.6) is 0 Å². The molecule has 0 radical (unpaired) electrons. The van der Waals surface area contributed by atoms with Crippen molar-refractivity contribution < 1.29 is 9.90 Å². The quantitative estimate of drug-likeness (QED) is 0.663. The van der Waals surface area contributed by atoms with E-state index in [1.165, 1.54) is 4.90 Å². The van der Waals surface area contributed by atoms with E-state index in [0.717, 1.165) is 11.1 Å². The summed E-state index contributed by atoms with van der Waals surface area (Å²) in [5.74, 6) is -0.549. The maximum atomic E-state index is 13.6. The summed E-state index contributed by atoms with van der Waals surface area (Å²) in [6.45, 7) is 1.97.